The lowest BCUT2D eigenvalue weighted by Gasteiger charge is -2.36. The SMILES string of the molecule is Cc1cccc(CN2CCC(C)C(CN)C2)c1. The van der Waals surface area contributed by atoms with Gasteiger partial charge in [-0.2, -0.15) is 0 Å². The highest BCUT2D eigenvalue weighted by Gasteiger charge is 2.24. The van der Waals surface area contributed by atoms with E-state index in [0.717, 1.165) is 25.6 Å². The molecule has 0 bridgehead atoms. The molecule has 0 aromatic heterocycles. The zero-order chi connectivity index (χ0) is 12.3. The molecule has 94 valence electrons. The Balaban J connectivity index is 1.95. The van der Waals surface area contributed by atoms with Crippen molar-refractivity contribution in [1.29, 1.82) is 0 Å². The number of nitrogens with zero attached hydrogens (tertiary/aromatic N) is 1. The highest BCUT2D eigenvalue weighted by Crippen LogP contribution is 2.23. The first-order chi connectivity index (χ1) is 8.19. The summed E-state index contributed by atoms with van der Waals surface area (Å²) in [5.41, 5.74) is 8.62. The summed E-state index contributed by atoms with van der Waals surface area (Å²) in [6.07, 6.45) is 1.29. The second kappa shape index (κ2) is 5.65. The molecule has 0 radical (unpaired) electrons. The van der Waals surface area contributed by atoms with Crippen LogP contribution in [0.2, 0.25) is 0 Å². The van der Waals surface area contributed by atoms with E-state index < -0.39 is 0 Å². The maximum absolute atomic E-state index is 5.85. The summed E-state index contributed by atoms with van der Waals surface area (Å²) in [5.74, 6) is 1.46. The fraction of sp³-hybridized carbons (Fsp3) is 0.600. The Morgan fingerprint density at radius 2 is 2.24 bits per heavy atom. The molecule has 1 aliphatic heterocycles. The van der Waals surface area contributed by atoms with E-state index in [0.29, 0.717) is 5.92 Å². The van der Waals surface area contributed by atoms with E-state index in [4.69, 9.17) is 5.73 Å². The van der Waals surface area contributed by atoms with Gasteiger partial charge in [0.15, 0.2) is 0 Å². The number of benzene rings is 1. The molecule has 1 saturated heterocycles. The van der Waals surface area contributed by atoms with Crippen molar-refractivity contribution in [3.05, 3.63) is 35.4 Å². The highest BCUT2D eigenvalue weighted by molar-refractivity contribution is 5.22. The van der Waals surface area contributed by atoms with Crippen LogP contribution in [0.1, 0.15) is 24.5 Å². The van der Waals surface area contributed by atoms with Crippen LogP contribution in [0.4, 0.5) is 0 Å². The zero-order valence-corrected chi connectivity index (χ0v) is 11.0. The standard InChI is InChI=1S/C15H24N2/c1-12-4-3-5-14(8-12)10-17-7-6-13(2)15(9-16)11-17/h3-5,8,13,15H,6-7,9-11,16H2,1-2H3. The van der Waals surface area contributed by atoms with Gasteiger partial charge in [-0.1, -0.05) is 36.8 Å². The molecule has 1 heterocycles. The summed E-state index contributed by atoms with van der Waals surface area (Å²) in [7, 11) is 0. The van der Waals surface area contributed by atoms with E-state index in [-0.39, 0.29) is 0 Å². The molecule has 0 aliphatic carbocycles. The molecular weight excluding hydrogens is 208 g/mol. The number of hydrogen-bond donors (Lipinski definition) is 1. The van der Waals surface area contributed by atoms with Crippen LogP contribution in [0.5, 0.6) is 0 Å². The van der Waals surface area contributed by atoms with Crippen LogP contribution < -0.4 is 5.73 Å². The van der Waals surface area contributed by atoms with E-state index in [1.165, 1.54) is 24.1 Å². The van der Waals surface area contributed by atoms with Crippen molar-refractivity contribution in [2.75, 3.05) is 19.6 Å². The van der Waals surface area contributed by atoms with E-state index in [1.54, 1.807) is 0 Å². The summed E-state index contributed by atoms with van der Waals surface area (Å²) >= 11 is 0. The molecule has 2 rings (SSSR count). The number of nitrogens with two attached hydrogens (primary N) is 1. The van der Waals surface area contributed by atoms with Crippen molar-refractivity contribution in [2.45, 2.75) is 26.8 Å². The molecule has 17 heavy (non-hydrogen) atoms. The average molecular weight is 232 g/mol. The Kier molecular flexibility index (Phi) is 4.19. The molecule has 0 amide bonds. The monoisotopic (exact) mass is 232 g/mol. The third kappa shape index (κ3) is 3.30. The number of piperidine rings is 1. The first-order valence-electron chi connectivity index (χ1n) is 6.67. The maximum atomic E-state index is 5.85. The van der Waals surface area contributed by atoms with E-state index in [1.807, 2.05) is 0 Å². The molecule has 1 aromatic rings. The third-order valence-electron chi connectivity index (χ3n) is 3.99. The molecule has 2 unspecified atom stereocenters. The van der Waals surface area contributed by atoms with Gasteiger partial charge >= 0.3 is 0 Å². The van der Waals surface area contributed by atoms with Gasteiger partial charge < -0.3 is 5.73 Å². The fourth-order valence-corrected chi connectivity index (χ4v) is 2.74. The van der Waals surface area contributed by atoms with Gasteiger partial charge in [-0.3, -0.25) is 4.90 Å². The van der Waals surface area contributed by atoms with Crippen molar-refractivity contribution in [3.63, 3.8) is 0 Å². The Hall–Kier alpha value is -0.860. The van der Waals surface area contributed by atoms with Gasteiger partial charge in [0.1, 0.15) is 0 Å². The minimum atomic E-state index is 0.675. The van der Waals surface area contributed by atoms with Crippen LogP contribution in [0.25, 0.3) is 0 Å². The second-order valence-corrected chi connectivity index (χ2v) is 5.49. The number of likely N-dealkylation sites (tertiary alicyclic amines) is 1. The molecule has 2 heteroatoms. The lowest BCUT2D eigenvalue weighted by molar-refractivity contribution is 0.126. The van der Waals surface area contributed by atoms with Crippen molar-refractivity contribution < 1.29 is 0 Å². The van der Waals surface area contributed by atoms with Gasteiger partial charge in [-0.05, 0) is 43.8 Å². The second-order valence-electron chi connectivity index (χ2n) is 5.49. The summed E-state index contributed by atoms with van der Waals surface area (Å²) in [4.78, 5) is 2.55. The van der Waals surface area contributed by atoms with Crippen LogP contribution in [0, 0.1) is 18.8 Å². The number of rotatable bonds is 3. The molecular formula is C15H24N2. The lowest BCUT2D eigenvalue weighted by Crippen LogP contribution is -2.42. The van der Waals surface area contributed by atoms with Crippen molar-refractivity contribution in [1.82, 2.24) is 4.90 Å². The summed E-state index contributed by atoms with van der Waals surface area (Å²) in [5, 5.41) is 0. The quantitative estimate of drug-likeness (QED) is 0.867. The molecule has 1 aromatic carbocycles. The fourth-order valence-electron chi connectivity index (χ4n) is 2.74. The van der Waals surface area contributed by atoms with E-state index >= 15 is 0 Å². The number of hydrogen-bond acceptors (Lipinski definition) is 2. The summed E-state index contributed by atoms with van der Waals surface area (Å²) in [6.45, 7) is 8.76. The maximum Gasteiger partial charge on any atom is 0.0233 e. The van der Waals surface area contributed by atoms with Crippen molar-refractivity contribution >= 4 is 0 Å². The summed E-state index contributed by atoms with van der Waals surface area (Å²) < 4.78 is 0. The Labute approximate surface area is 105 Å². The minimum Gasteiger partial charge on any atom is -0.330 e. The van der Waals surface area contributed by atoms with Gasteiger partial charge in [-0.25, -0.2) is 0 Å². The predicted octanol–water partition coefficient (Wildman–Crippen LogP) is 2.41. The Morgan fingerprint density at radius 3 is 2.94 bits per heavy atom. The average Bonchev–Trinajstić information content (AvgIpc) is 2.32. The molecule has 1 fully saturated rings. The van der Waals surface area contributed by atoms with E-state index in [9.17, 15) is 0 Å². The van der Waals surface area contributed by atoms with Crippen molar-refractivity contribution in [3.8, 4) is 0 Å². The first-order valence-corrected chi connectivity index (χ1v) is 6.67. The largest absolute Gasteiger partial charge is 0.330 e. The van der Waals surface area contributed by atoms with Crippen LogP contribution in [0.3, 0.4) is 0 Å². The van der Waals surface area contributed by atoms with Gasteiger partial charge in [0, 0.05) is 13.1 Å². The normalized spacial score (nSPS) is 26.1. The molecule has 2 N–H and O–H groups in total. The third-order valence-corrected chi connectivity index (χ3v) is 3.99. The molecule has 2 nitrogen and oxygen atoms in total. The molecule has 1 aliphatic rings. The van der Waals surface area contributed by atoms with Gasteiger partial charge in [0.25, 0.3) is 0 Å². The Bertz CT molecular complexity index is 362. The smallest absolute Gasteiger partial charge is 0.0233 e. The molecule has 0 saturated carbocycles. The van der Waals surface area contributed by atoms with Crippen LogP contribution in [-0.4, -0.2) is 24.5 Å². The minimum absolute atomic E-state index is 0.675. The molecule has 2 atom stereocenters. The van der Waals surface area contributed by atoms with Gasteiger partial charge in [0.2, 0.25) is 0 Å². The summed E-state index contributed by atoms with van der Waals surface area (Å²) in [6, 6.07) is 8.82. The Morgan fingerprint density at radius 1 is 1.41 bits per heavy atom. The lowest BCUT2D eigenvalue weighted by atomic mass is 9.87. The van der Waals surface area contributed by atoms with Crippen LogP contribution in [-0.2, 0) is 6.54 Å². The van der Waals surface area contributed by atoms with Crippen LogP contribution >= 0.6 is 0 Å². The molecule has 0 spiro atoms. The zero-order valence-electron chi connectivity index (χ0n) is 11.0. The number of aryl methyl sites for hydroxylation is 1. The predicted molar refractivity (Wildman–Crippen MR) is 72.8 cm³/mol. The topological polar surface area (TPSA) is 29.3 Å². The van der Waals surface area contributed by atoms with Gasteiger partial charge in [-0.15, -0.1) is 0 Å². The van der Waals surface area contributed by atoms with Crippen LogP contribution in [0.15, 0.2) is 24.3 Å². The van der Waals surface area contributed by atoms with E-state index in [2.05, 4.69) is 43.0 Å². The highest BCUT2D eigenvalue weighted by atomic mass is 15.1. The first kappa shape index (κ1) is 12.6. The van der Waals surface area contributed by atoms with Gasteiger partial charge in [0.05, 0.1) is 0 Å². The van der Waals surface area contributed by atoms with Crippen molar-refractivity contribution in [2.24, 2.45) is 17.6 Å².